The van der Waals surface area contributed by atoms with E-state index in [0.29, 0.717) is 5.92 Å². The standard InChI is InChI=1S/C24H34N2O/c1-19(18-27)15-26-16-22-5-4-6-23(24(22)17-26)21-9-7-20(8-10-21)11-14-25-12-2-3-13-25/h6-10,18-19,22,24H,2-5,11-17H2,1H3. The van der Waals surface area contributed by atoms with Crippen molar-refractivity contribution in [2.24, 2.45) is 17.8 Å². The Morgan fingerprint density at radius 2 is 1.89 bits per heavy atom. The quantitative estimate of drug-likeness (QED) is 0.684. The van der Waals surface area contributed by atoms with Gasteiger partial charge in [0.25, 0.3) is 0 Å². The van der Waals surface area contributed by atoms with Crippen LogP contribution in [0.25, 0.3) is 5.57 Å². The van der Waals surface area contributed by atoms with Gasteiger partial charge in [-0.2, -0.15) is 0 Å². The summed E-state index contributed by atoms with van der Waals surface area (Å²) in [5.74, 6) is 1.55. The zero-order chi connectivity index (χ0) is 18.6. The second-order valence-corrected chi connectivity index (χ2v) is 8.93. The fourth-order valence-electron chi connectivity index (χ4n) is 5.30. The van der Waals surface area contributed by atoms with Gasteiger partial charge in [-0.3, -0.25) is 0 Å². The Bertz CT molecular complexity index is 659. The minimum absolute atomic E-state index is 0.146. The summed E-state index contributed by atoms with van der Waals surface area (Å²) in [6, 6.07) is 9.39. The van der Waals surface area contributed by atoms with Crippen LogP contribution in [0.2, 0.25) is 0 Å². The van der Waals surface area contributed by atoms with Crippen LogP contribution < -0.4 is 0 Å². The highest BCUT2D eigenvalue weighted by Crippen LogP contribution is 2.41. The lowest BCUT2D eigenvalue weighted by Gasteiger charge is -2.26. The van der Waals surface area contributed by atoms with Gasteiger partial charge in [-0.05, 0) is 67.8 Å². The molecule has 1 aliphatic carbocycles. The highest BCUT2D eigenvalue weighted by molar-refractivity contribution is 5.69. The van der Waals surface area contributed by atoms with Crippen molar-refractivity contribution in [1.82, 2.24) is 9.80 Å². The number of hydrogen-bond acceptors (Lipinski definition) is 3. The summed E-state index contributed by atoms with van der Waals surface area (Å²) < 4.78 is 0. The van der Waals surface area contributed by atoms with Crippen LogP contribution in [0.1, 0.15) is 43.7 Å². The second kappa shape index (κ2) is 8.70. The van der Waals surface area contributed by atoms with E-state index in [2.05, 4.69) is 40.1 Å². The second-order valence-electron chi connectivity index (χ2n) is 8.93. The molecule has 0 radical (unpaired) electrons. The van der Waals surface area contributed by atoms with Gasteiger partial charge in [0, 0.05) is 38.0 Å². The molecule has 0 saturated carbocycles. The van der Waals surface area contributed by atoms with Gasteiger partial charge in [-0.25, -0.2) is 0 Å². The Morgan fingerprint density at radius 1 is 1.11 bits per heavy atom. The van der Waals surface area contributed by atoms with Crippen molar-refractivity contribution in [2.45, 2.75) is 39.0 Å². The third-order valence-electron chi connectivity index (χ3n) is 6.80. The van der Waals surface area contributed by atoms with Gasteiger partial charge in [0.1, 0.15) is 6.29 Å². The van der Waals surface area contributed by atoms with Crippen LogP contribution in [-0.4, -0.2) is 55.4 Å². The van der Waals surface area contributed by atoms with Gasteiger partial charge in [0.15, 0.2) is 0 Å². The molecular formula is C24H34N2O. The first-order chi connectivity index (χ1) is 13.2. The molecule has 1 aromatic rings. The molecule has 4 rings (SSSR count). The predicted molar refractivity (Wildman–Crippen MR) is 112 cm³/mol. The van der Waals surface area contributed by atoms with E-state index in [0.717, 1.165) is 31.8 Å². The summed E-state index contributed by atoms with van der Waals surface area (Å²) in [5.41, 5.74) is 4.44. The third kappa shape index (κ3) is 4.52. The minimum Gasteiger partial charge on any atom is -0.303 e. The van der Waals surface area contributed by atoms with E-state index < -0.39 is 0 Å². The Balaban J connectivity index is 1.38. The van der Waals surface area contributed by atoms with E-state index in [9.17, 15) is 4.79 Å². The SMILES string of the molecule is CC(C=O)CN1CC2CCC=C(c3ccc(CCN4CCCC4)cc3)C2C1. The van der Waals surface area contributed by atoms with Gasteiger partial charge in [0.05, 0.1) is 0 Å². The molecule has 0 bridgehead atoms. The van der Waals surface area contributed by atoms with Crippen LogP contribution in [0.3, 0.4) is 0 Å². The van der Waals surface area contributed by atoms with Crippen molar-refractivity contribution in [3.63, 3.8) is 0 Å². The first-order valence-electron chi connectivity index (χ1n) is 10.9. The van der Waals surface area contributed by atoms with Crippen molar-refractivity contribution in [2.75, 3.05) is 39.3 Å². The number of likely N-dealkylation sites (tertiary alicyclic amines) is 2. The number of allylic oxidation sites excluding steroid dienone is 1. The van der Waals surface area contributed by atoms with Crippen molar-refractivity contribution >= 4 is 11.9 Å². The molecule has 0 aromatic heterocycles. The summed E-state index contributed by atoms with van der Waals surface area (Å²) in [4.78, 5) is 16.1. The van der Waals surface area contributed by atoms with Crippen LogP contribution in [0.4, 0.5) is 0 Å². The first kappa shape index (κ1) is 18.9. The minimum atomic E-state index is 0.146. The van der Waals surface area contributed by atoms with E-state index in [4.69, 9.17) is 0 Å². The molecule has 3 atom stereocenters. The van der Waals surface area contributed by atoms with Crippen LogP contribution in [0, 0.1) is 17.8 Å². The maximum Gasteiger partial charge on any atom is 0.124 e. The fourth-order valence-corrected chi connectivity index (χ4v) is 5.30. The Morgan fingerprint density at radius 3 is 2.63 bits per heavy atom. The number of nitrogens with zero attached hydrogens (tertiary/aromatic N) is 2. The molecular weight excluding hydrogens is 332 g/mol. The first-order valence-corrected chi connectivity index (χ1v) is 10.9. The number of benzene rings is 1. The number of carbonyl (C=O) groups excluding carboxylic acids is 1. The lowest BCUT2D eigenvalue weighted by molar-refractivity contribution is -0.111. The molecule has 2 heterocycles. The molecule has 146 valence electrons. The van der Waals surface area contributed by atoms with Crippen LogP contribution in [-0.2, 0) is 11.2 Å². The average molecular weight is 367 g/mol. The Kier molecular flexibility index (Phi) is 6.09. The number of carbonyl (C=O) groups is 1. The number of fused-ring (bicyclic) bond motifs is 1. The van der Waals surface area contributed by atoms with Crippen LogP contribution in [0.15, 0.2) is 30.3 Å². The van der Waals surface area contributed by atoms with E-state index in [-0.39, 0.29) is 5.92 Å². The molecule has 0 spiro atoms. The molecule has 2 aliphatic heterocycles. The molecule has 0 N–H and O–H groups in total. The van der Waals surface area contributed by atoms with E-state index in [1.165, 1.54) is 62.9 Å². The summed E-state index contributed by atoms with van der Waals surface area (Å²) in [6.45, 7) is 9.00. The summed E-state index contributed by atoms with van der Waals surface area (Å²) in [7, 11) is 0. The summed E-state index contributed by atoms with van der Waals surface area (Å²) in [5, 5.41) is 0. The molecule has 2 saturated heterocycles. The molecule has 3 aliphatic rings. The van der Waals surface area contributed by atoms with Gasteiger partial charge in [0.2, 0.25) is 0 Å². The van der Waals surface area contributed by atoms with Gasteiger partial charge in [-0.15, -0.1) is 0 Å². The molecule has 27 heavy (non-hydrogen) atoms. The average Bonchev–Trinajstić information content (AvgIpc) is 3.35. The lowest BCUT2D eigenvalue weighted by atomic mass is 9.78. The molecule has 2 fully saturated rings. The Hall–Kier alpha value is -1.45. The smallest absolute Gasteiger partial charge is 0.124 e. The maximum absolute atomic E-state index is 11.0. The van der Waals surface area contributed by atoms with Crippen LogP contribution >= 0.6 is 0 Å². The van der Waals surface area contributed by atoms with Crippen LogP contribution in [0.5, 0.6) is 0 Å². The maximum atomic E-state index is 11.0. The molecule has 0 amide bonds. The Labute approximate surface area is 164 Å². The molecule has 3 heteroatoms. The van der Waals surface area contributed by atoms with Crippen molar-refractivity contribution in [3.05, 3.63) is 41.5 Å². The highest BCUT2D eigenvalue weighted by Gasteiger charge is 2.37. The van der Waals surface area contributed by atoms with E-state index in [1.54, 1.807) is 5.57 Å². The third-order valence-corrected chi connectivity index (χ3v) is 6.80. The zero-order valence-electron chi connectivity index (χ0n) is 16.8. The van der Waals surface area contributed by atoms with Crippen molar-refractivity contribution in [1.29, 1.82) is 0 Å². The fraction of sp³-hybridized carbons (Fsp3) is 0.625. The highest BCUT2D eigenvalue weighted by atomic mass is 16.1. The number of rotatable bonds is 7. The van der Waals surface area contributed by atoms with Gasteiger partial charge < -0.3 is 14.6 Å². The number of aldehydes is 1. The van der Waals surface area contributed by atoms with Crippen molar-refractivity contribution in [3.8, 4) is 0 Å². The number of hydrogen-bond donors (Lipinski definition) is 0. The van der Waals surface area contributed by atoms with E-state index in [1.807, 2.05) is 6.92 Å². The normalized spacial score (nSPS) is 27.4. The largest absolute Gasteiger partial charge is 0.303 e. The van der Waals surface area contributed by atoms with Crippen molar-refractivity contribution < 1.29 is 4.79 Å². The zero-order valence-corrected chi connectivity index (χ0v) is 16.8. The monoisotopic (exact) mass is 366 g/mol. The summed E-state index contributed by atoms with van der Waals surface area (Å²) in [6.07, 6.45) is 9.99. The predicted octanol–water partition coefficient (Wildman–Crippen LogP) is 3.89. The lowest BCUT2D eigenvalue weighted by Crippen LogP contribution is -2.27. The van der Waals surface area contributed by atoms with Gasteiger partial charge >= 0.3 is 0 Å². The summed E-state index contributed by atoms with van der Waals surface area (Å²) >= 11 is 0. The molecule has 3 unspecified atom stereocenters. The van der Waals surface area contributed by atoms with E-state index >= 15 is 0 Å². The van der Waals surface area contributed by atoms with Gasteiger partial charge in [-0.1, -0.05) is 37.3 Å². The molecule has 1 aromatic carbocycles. The molecule has 3 nitrogen and oxygen atoms in total. The topological polar surface area (TPSA) is 23.6 Å².